The molecule has 1 aliphatic rings. The minimum atomic E-state index is -1.06. The van der Waals surface area contributed by atoms with Crippen molar-refractivity contribution < 1.29 is 14.7 Å². The monoisotopic (exact) mass is 487 g/mol. The number of aromatic nitrogens is 2. The number of amides is 1. The molecule has 4 rings (SSSR count). The molecule has 2 aromatic heterocycles. The van der Waals surface area contributed by atoms with Crippen LogP contribution >= 0.6 is 0 Å². The first-order valence-electron chi connectivity index (χ1n) is 12.4. The average molecular weight is 488 g/mol. The van der Waals surface area contributed by atoms with Crippen LogP contribution in [0.3, 0.4) is 0 Å². The largest absolute Gasteiger partial charge is 0.480 e. The lowest BCUT2D eigenvalue weighted by molar-refractivity contribution is -0.139. The number of hydrogen-bond donors (Lipinski definition) is 3. The number of carboxylic acids is 1. The van der Waals surface area contributed by atoms with Crippen molar-refractivity contribution in [2.24, 2.45) is 5.92 Å². The van der Waals surface area contributed by atoms with Crippen molar-refractivity contribution in [1.29, 1.82) is 0 Å². The lowest BCUT2D eigenvalue weighted by Gasteiger charge is -2.34. The number of nitrogens with zero attached hydrogens (tertiary/aromatic N) is 3. The minimum Gasteiger partial charge on any atom is -0.480 e. The third-order valence-electron chi connectivity index (χ3n) is 6.77. The molecule has 0 saturated carbocycles. The minimum absolute atomic E-state index is 0.209. The third kappa shape index (κ3) is 6.38. The second-order valence-electron chi connectivity index (χ2n) is 9.35. The molecule has 1 aromatic carbocycles. The van der Waals surface area contributed by atoms with Gasteiger partial charge in [0.25, 0.3) is 5.91 Å². The molecule has 0 spiro atoms. The van der Waals surface area contributed by atoms with Crippen LogP contribution in [0.5, 0.6) is 0 Å². The van der Waals surface area contributed by atoms with Crippen LogP contribution in [0, 0.1) is 19.8 Å². The van der Waals surface area contributed by atoms with E-state index in [9.17, 15) is 14.7 Å². The van der Waals surface area contributed by atoms with E-state index >= 15 is 0 Å². The van der Waals surface area contributed by atoms with Crippen molar-refractivity contribution in [2.75, 3.05) is 29.9 Å². The summed E-state index contributed by atoms with van der Waals surface area (Å²) in [6, 6.07) is 14.6. The molecule has 188 valence electrons. The number of nitrogens with one attached hydrogen (secondary N) is 2. The van der Waals surface area contributed by atoms with E-state index in [0.717, 1.165) is 55.1 Å². The number of hydrogen-bond acceptors (Lipinski definition) is 6. The van der Waals surface area contributed by atoms with Crippen LogP contribution in [0.2, 0.25) is 0 Å². The Kier molecular flexibility index (Phi) is 8.15. The van der Waals surface area contributed by atoms with Crippen LogP contribution in [0.25, 0.3) is 0 Å². The molecule has 36 heavy (non-hydrogen) atoms. The van der Waals surface area contributed by atoms with E-state index in [2.05, 4.69) is 25.5 Å². The van der Waals surface area contributed by atoms with Gasteiger partial charge in [-0.2, -0.15) is 0 Å². The molecule has 3 heterocycles. The summed E-state index contributed by atoms with van der Waals surface area (Å²) in [6.07, 6.45) is 5.84. The van der Waals surface area contributed by atoms with Gasteiger partial charge in [0, 0.05) is 44.1 Å². The molecule has 1 aliphatic heterocycles. The van der Waals surface area contributed by atoms with Gasteiger partial charge in [0.05, 0.1) is 11.3 Å². The first-order chi connectivity index (χ1) is 17.4. The Morgan fingerprint density at radius 1 is 1.03 bits per heavy atom. The number of anilines is 2. The summed E-state index contributed by atoms with van der Waals surface area (Å²) in [6.45, 7) is 6.44. The normalized spacial score (nSPS) is 14.8. The fourth-order valence-corrected chi connectivity index (χ4v) is 4.66. The van der Waals surface area contributed by atoms with Crippen molar-refractivity contribution in [1.82, 2.24) is 15.3 Å². The van der Waals surface area contributed by atoms with Crippen LogP contribution in [-0.2, 0) is 11.2 Å². The van der Waals surface area contributed by atoms with E-state index in [-0.39, 0.29) is 6.42 Å². The van der Waals surface area contributed by atoms with Gasteiger partial charge in [-0.1, -0.05) is 18.2 Å². The first kappa shape index (κ1) is 25.2. The third-order valence-corrected chi connectivity index (χ3v) is 6.77. The number of carbonyl (C=O) groups is 2. The van der Waals surface area contributed by atoms with Gasteiger partial charge in [-0.15, -0.1) is 0 Å². The van der Waals surface area contributed by atoms with Gasteiger partial charge in [0.1, 0.15) is 11.9 Å². The number of rotatable bonds is 9. The van der Waals surface area contributed by atoms with Crippen molar-refractivity contribution >= 4 is 23.4 Å². The molecular weight excluding hydrogens is 454 g/mol. The molecule has 1 fully saturated rings. The predicted molar refractivity (Wildman–Crippen MR) is 140 cm³/mol. The van der Waals surface area contributed by atoms with Crippen LogP contribution in [0.1, 0.15) is 40.0 Å². The Hall–Kier alpha value is -3.94. The van der Waals surface area contributed by atoms with Gasteiger partial charge >= 0.3 is 5.97 Å². The fourth-order valence-electron chi connectivity index (χ4n) is 4.66. The zero-order valence-electron chi connectivity index (χ0n) is 20.8. The van der Waals surface area contributed by atoms with Gasteiger partial charge < -0.3 is 20.6 Å². The topological polar surface area (TPSA) is 107 Å². The zero-order valence-corrected chi connectivity index (χ0v) is 20.8. The average Bonchev–Trinajstić information content (AvgIpc) is 2.88. The molecule has 0 bridgehead atoms. The number of carboxylic acid groups (broad SMARTS) is 1. The lowest BCUT2D eigenvalue weighted by Crippen LogP contribution is -2.42. The van der Waals surface area contributed by atoms with Crippen LogP contribution < -0.4 is 15.5 Å². The second-order valence-corrected chi connectivity index (χ2v) is 9.35. The maximum absolute atomic E-state index is 12.8. The van der Waals surface area contributed by atoms with Crippen LogP contribution in [0.15, 0.2) is 60.9 Å². The van der Waals surface area contributed by atoms with Crippen molar-refractivity contribution in [3.8, 4) is 0 Å². The Morgan fingerprint density at radius 2 is 1.78 bits per heavy atom. The highest BCUT2D eigenvalue weighted by Gasteiger charge is 2.24. The maximum atomic E-state index is 12.8. The highest BCUT2D eigenvalue weighted by Crippen LogP contribution is 2.24. The zero-order chi connectivity index (χ0) is 25.5. The highest BCUT2D eigenvalue weighted by molar-refractivity contribution is 5.98. The van der Waals surface area contributed by atoms with Crippen molar-refractivity contribution in [3.05, 3.63) is 83.3 Å². The first-order valence-corrected chi connectivity index (χ1v) is 12.4. The quantitative estimate of drug-likeness (QED) is 0.421. The van der Waals surface area contributed by atoms with Crippen LogP contribution in [0.4, 0.5) is 11.5 Å². The summed E-state index contributed by atoms with van der Waals surface area (Å²) < 4.78 is 0. The summed E-state index contributed by atoms with van der Waals surface area (Å²) in [5.41, 5.74) is 3.77. The summed E-state index contributed by atoms with van der Waals surface area (Å²) in [4.78, 5) is 35.5. The van der Waals surface area contributed by atoms with E-state index in [1.807, 2.05) is 49.4 Å². The van der Waals surface area contributed by atoms with Gasteiger partial charge in [0.2, 0.25) is 0 Å². The smallest absolute Gasteiger partial charge is 0.326 e. The summed E-state index contributed by atoms with van der Waals surface area (Å²) in [5.74, 6) is 0.0437. The number of aliphatic carboxylic acids is 1. The summed E-state index contributed by atoms with van der Waals surface area (Å²) >= 11 is 0. The maximum Gasteiger partial charge on any atom is 0.326 e. The molecule has 1 atom stereocenters. The van der Waals surface area contributed by atoms with Crippen molar-refractivity contribution in [2.45, 2.75) is 39.2 Å². The Bertz CT molecular complexity index is 1160. The predicted octanol–water partition coefficient (Wildman–Crippen LogP) is 3.85. The van der Waals surface area contributed by atoms with E-state index in [1.165, 1.54) is 0 Å². The Balaban J connectivity index is 1.30. The van der Waals surface area contributed by atoms with Crippen molar-refractivity contribution in [3.63, 3.8) is 0 Å². The van der Waals surface area contributed by atoms with Gasteiger partial charge in [-0.3, -0.25) is 9.78 Å². The molecule has 3 N–H and O–H groups in total. The Morgan fingerprint density at radius 3 is 2.42 bits per heavy atom. The van der Waals surface area contributed by atoms with E-state index in [4.69, 9.17) is 0 Å². The Labute approximate surface area is 211 Å². The molecule has 1 unspecified atom stereocenters. The van der Waals surface area contributed by atoms with E-state index in [0.29, 0.717) is 17.2 Å². The molecule has 8 heteroatoms. The standard InChI is InChI=1S/C28H33N5O3/c1-19-10-14-29-20(2)26(19)27(34)32-24(28(35)36)17-21-6-8-23(9-7-21)33-15-11-22(12-16-33)18-31-25-5-3-4-13-30-25/h3-10,13-14,22,24H,11-12,15-18H2,1-2H3,(H,30,31)(H,32,34)(H,35,36). The number of benzene rings is 1. The van der Waals surface area contributed by atoms with E-state index in [1.54, 1.807) is 25.4 Å². The van der Waals surface area contributed by atoms with E-state index < -0.39 is 17.9 Å². The number of aryl methyl sites for hydroxylation is 2. The molecular formula is C28H33N5O3. The number of carbonyl (C=O) groups excluding carboxylic acids is 1. The SMILES string of the molecule is Cc1ccnc(C)c1C(=O)NC(Cc1ccc(N2CCC(CNc3ccccn3)CC2)cc1)C(=O)O. The second kappa shape index (κ2) is 11.7. The molecule has 3 aromatic rings. The molecule has 0 aliphatic carbocycles. The van der Waals surface area contributed by atoms with Gasteiger partial charge in [0.15, 0.2) is 0 Å². The molecule has 8 nitrogen and oxygen atoms in total. The van der Waals surface area contributed by atoms with Gasteiger partial charge in [-0.05, 0) is 74.1 Å². The highest BCUT2D eigenvalue weighted by atomic mass is 16.4. The summed E-state index contributed by atoms with van der Waals surface area (Å²) in [5, 5.41) is 15.8. The lowest BCUT2D eigenvalue weighted by atomic mass is 9.96. The number of piperidine rings is 1. The van der Waals surface area contributed by atoms with Gasteiger partial charge in [-0.25, -0.2) is 9.78 Å². The van der Waals surface area contributed by atoms with Crippen LogP contribution in [-0.4, -0.2) is 52.6 Å². The molecule has 1 saturated heterocycles. The fraction of sp³-hybridized carbons (Fsp3) is 0.357. The molecule has 0 radical (unpaired) electrons. The summed E-state index contributed by atoms with van der Waals surface area (Å²) in [7, 11) is 0. The molecule has 1 amide bonds. The number of pyridine rings is 2.